The first kappa shape index (κ1) is 20.0. The molecule has 0 atom stereocenters. The third-order valence-corrected chi connectivity index (χ3v) is 7.23. The molecule has 6 heteroatoms. The molecule has 1 N–H and O–H groups in total. The molecule has 2 aromatic carbocycles. The molecule has 1 aliphatic heterocycles. The zero-order valence-electron chi connectivity index (χ0n) is 17.3. The van der Waals surface area contributed by atoms with Gasteiger partial charge in [-0.2, -0.15) is 0 Å². The van der Waals surface area contributed by atoms with Crippen molar-refractivity contribution in [3.8, 4) is 10.4 Å². The summed E-state index contributed by atoms with van der Waals surface area (Å²) in [5, 5.41) is 2.93. The van der Waals surface area contributed by atoms with Gasteiger partial charge in [0, 0.05) is 36.7 Å². The normalized spacial score (nSPS) is 15.8. The Labute approximate surface area is 186 Å². The Bertz CT molecular complexity index is 1100. The molecular formula is C25H25N3O2S. The number of para-hydroxylation sites is 1. The number of piperazine rings is 1. The topological polar surface area (TPSA) is 52.7 Å². The van der Waals surface area contributed by atoms with E-state index in [-0.39, 0.29) is 11.8 Å². The van der Waals surface area contributed by atoms with E-state index in [2.05, 4.69) is 40.5 Å². The minimum Gasteiger partial charge on any atom is -0.335 e. The largest absolute Gasteiger partial charge is 0.335 e. The number of nitrogens with one attached hydrogen (secondary N) is 1. The fourth-order valence-corrected chi connectivity index (χ4v) is 5.61. The van der Waals surface area contributed by atoms with Gasteiger partial charge >= 0.3 is 0 Å². The molecule has 31 heavy (non-hydrogen) atoms. The maximum absolute atomic E-state index is 13.1. The van der Waals surface area contributed by atoms with Crippen molar-refractivity contribution in [2.75, 3.05) is 38.0 Å². The predicted molar refractivity (Wildman–Crippen MR) is 125 cm³/mol. The zero-order chi connectivity index (χ0) is 21.2. The van der Waals surface area contributed by atoms with Gasteiger partial charge in [0.1, 0.15) is 0 Å². The average Bonchev–Trinajstić information content (AvgIpc) is 3.25. The van der Waals surface area contributed by atoms with Crippen LogP contribution in [0.3, 0.4) is 0 Å². The molecule has 0 radical (unpaired) electrons. The second kappa shape index (κ2) is 8.65. The van der Waals surface area contributed by atoms with Crippen LogP contribution in [-0.4, -0.2) is 54.3 Å². The van der Waals surface area contributed by atoms with Gasteiger partial charge in [0.05, 0.1) is 11.4 Å². The number of carbonyl (C=O) groups is 2. The monoisotopic (exact) mass is 431 g/mol. The van der Waals surface area contributed by atoms with E-state index in [1.807, 2.05) is 35.2 Å². The smallest absolute Gasteiger partial charge is 0.264 e. The summed E-state index contributed by atoms with van der Waals surface area (Å²) in [6.45, 7) is 3.07. The van der Waals surface area contributed by atoms with E-state index in [0.717, 1.165) is 23.4 Å². The molecule has 158 valence electrons. The average molecular weight is 432 g/mol. The second-order valence-corrected chi connectivity index (χ2v) is 9.16. The number of amides is 2. The van der Waals surface area contributed by atoms with E-state index >= 15 is 0 Å². The molecule has 1 fully saturated rings. The molecule has 0 bridgehead atoms. The van der Waals surface area contributed by atoms with Crippen LogP contribution in [0.5, 0.6) is 0 Å². The lowest BCUT2D eigenvalue weighted by molar-refractivity contribution is -0.117. The van der Waals surface area contributed by atoms with Gasteiger partial charge < -0.3 is 10.2 Å². The van der Waals surface area contributed by atoms with E-state index in [4.69, 9.17) is 0 Å². The molecule has 1 aliphatic carbocycles. The molecule has 2 heterocycles. The van der Waals surface area contributed by atoms with Crippen LogP contribution in [-0.2, 0) is 17.6 Å². The number of aryl methyl sites for hydroxylation is 2. The molecule has 5 nitrogen and oxygen atoms in total. The van der Waals surface area contributed by atoms with Crippen molar-refractivity contribution < 1.29 is 9.59 Å². The quantitative estimate of drug-likeness (QED) is 0.682. The first-order valence-corrected chi connectivity index (χ1v) is 11.6. The van der Waals surface area contributed by atoms with Crippen LogP contribution in [0.4, 0.5) is 5.69 Å². The van der Waals surface area contributed by atoms with Crippen LogP contribution in [0.2, 0.25) is 0 Å². The fraction of sp³-hybridized carbons (Fsp3) is 0.280. The van der Waals surface area contributed by atoms with Crippen LogP contribution in [0.1, 0.15) is 20.8 Å². The number of nitrogens with zero attached hydrogens (tertiary/aromatic N) is 2. The van der Waals surface area contributed by atoms with E-state index in [9.17, 15) is 9.59 Å². The Morgan fingerprint density at radius 2 is 1.58 bits per heavy atom. The van der Waals surface area contributed by atoms with Crippen LogP contribution in [0.15, 0.2) is 60.7 Å². The highest BCUT2D eigenvalue weighted by molar-refractivity contribution is 7.17. The third-order valence-electron chi connectivity index (χ3n) is 6.03. The van der Waals surface area contributed by atoms with E-state index in [1.54, 1.807) is 11.3 Å². The van der Waals surface area contributed by atoms with Crippen molar-refractivity contribution >= 4 is 28.8 Å². The Morgan fingerprint density at radius 1 is 0.871 bits per heavy atom. The van der Waals surface area contributed by atoms with Crippen LogP contribution < -0.4 is 5.32 Å². The van der Waals surface area contributed by atoms with Crippen molar-refractivity contribution in [2.45, 2.75) is 12.8 Å². The van der Waals surface area contributed by atoms with Gasteiger partial charge in [-0.1, -0.05) is 42.5 Å². The molecule has 1 saturated heterocycles. The Kier molecular flexibility index (Phi) is 5.57. The molecule has 3 aromatic rings. The van der Waals surface area contributed by atoms with Gasteiger partial charge in [-0.15, -0.1) is 11.3 Å². The molecule has 1 aromatic heterocycles. The number of carbonyl (C=O) groups excluding carboxylic acids is 2. The molecule has 0 spiro atoms. The number of benzene rings is 2. The maximum Gasteiger partial charge on any atom is 0.264 e. The number of anilines is 1. The lowest BCUT2D eigenvalue weighted by Crippen LogP contribution is -2.50. The standard InChI is InChI=1S/C25H25N3O2S/c29-23(26-20-7-2-1-3-8-20)17-27-12-14-28(15-13-27)25(30)22-16-19-11-10-18-6-4-5-9-21(18)24(19)31-22/h1-9,16H,10-15,17H2,(H,26,29). The predicted octanol–water partition coefficient (Wildman–Crippen LogP) is 3.91. The number of fused-ring (bicyclic) bond motifs is 3. The van der Waals surface area contributed by atoms with Crippen LogP contribution >= 0.6 is 11.3 Å². The highest BCUT2D eigenvalue weighted by atomic mass is 32.1. The minimum atomic E-state index is -0.0180. The first-order chi connectivity index (χ1) is 15.2. The van der Waals surface area contributed by atoms with Crippen LogP contribution in [0, 0.1) is 0 Å². The third kappa shape index (κ3) is 4.27. The molecular weight excluding hydrogens is 406 g/mol. The summed E-state index contributed by atoms with van der Waals surface area (Å²) >= 11 is 1.62. The molecule has 0 unspecified atom stereocenters. The lowest BCUT2D eigenvalue weighted by Gasteiger charge is -2.34. The minimum absolute atomic E-state index is 0.0180. The van der Waals surface area contributed by atoms with Gasteiger partial charge in [0.25, 0.3) is 5.91 Å². The SMILES string of the molecule is O=C(CN1CCN(C(=O)c2cc3c(s2)-c2ccccc2CC3)CC1)Nc1ccccc1. The highest BCUT2D eigenvalue weighted by Gasteiger charge is 2.27. The Balaban J connectivity index is 1.19. The molecule has 0 saturated carbocycles. The summed E-state index contributed by atoms with van der Waals surface area (Å²) in [6, 6.07) is 20.1. The number of hydrogen-bond donors (Lipinski definition) is 1. The van der Waals surface area contributed by atoms with Gasteiger partial charge in [-0.05, 0) is 47.7 Å². The van der Waals surface area contributed by atoms with Crippen molar-refractivity contribution in [1.29, 1.82) is 0 Å². The summed E-state index contributed by atoms with van der Waals surface area (Å²) < 4.78 is 0. The highest BCUT2D eigenvalue weighted by Crippen LogP contribution is 2.39. The molecule has 2 aliphatic rings. The van der Waals surface area contributed by atoms with Crippen molar-refractivity contribution in [1.82, 2.24) is 9.80 Å². The lowest BCUT2D eigenvalue weighted by atomic mass is 9.91. The second-order valence-electron chi connectivity index (χ2n) is 8.10. The number of thiophene rings is 1. The van der Waals surface area contributed by atoms with Gasteiger partial charge in [0.15, 0.2) is 0 Å². The maximum atomic E-state index is 13.1. The Morgan fingerprint density at radius 3 is 2.39 bits per heavy atom. The summed E-state index contributed by atoms with van der Waals surface area (Å²) in [4.78, 5) is 31.6. The van der Waals surface area contributed by atoms with Crippen molar-refractivity contribution in [2.24, 2.45) is 0 Å². The van der Waals surface area contributed by atoms with Crippen molar-refractivity contribution in [3.05, 3.63) is 76.7 Å². The van der Waals surface area contributed by atoms with E-state index in [1.165, 1.54) is 21.6 Å². The Hall–Kier alpha value is -2.96. The van der Waals surface area contributed by atoms with E-state index in [0.29, 0.717) is 32.7 Å². The summed E-state index contributed by atoms with van der Waals surface area (Å²) in [7, 11) is 0. The van der Waals surface area contributed by atoms with Crippen LogP contribution in [0.25, 0.3) is 10.4 Å². The van der Waals surface area contributed by atoms with Crippen molar-refractivity contribution in [3.63, 3.8) is 0 Å². The number of hydrogen-bond acceptors (Lipinski definition) is 4. The first-order valence-electron chi connectivity index (χ1n) is 10.7. The fourth-order valence-electron chi connectivity index (χ4n) is 4.37. The number of rotatable bonds is 4. The molecule has 2 amide bonds. The van der Waals surface area contributed by atoms with Gasteiger partial charge in [0.2, 0.25) is 5.91 Å². The van der Waals surface area contributed by atoms with Gasteiger partial charge in [-0.3, -0.25) is 14.5 Å². The molecule has 5 rings (SSSR count). The summed E-state index contributed by atoms with van der Waals surface area (Å²) in [5.74, 6) is 0.0980. The summed E-state index contributed by atoms with van der Waals surface area (Å²) in [6.07, 6.45) is 2.04. The van der Waals surface area contributed by atoms with E-state index < -0.39 is 0 Å². The zero-order valence-corrected chi connectivity index (χ0v) is 18.2. The van der Waals surface area contributed by atoms with Gasteiger partial charge in [-0.25, -0.2) is 0 Å². The summed E-state index contributed by atoms with van der Waals surface area (Å²) in [5.41, 5.74) is 4.76.